The second kappa shape index (κ2) is 21.0. The number of primary amides is 1. The van der Waals surface area contributed by atoms with Crippen LogP contribution in [0, 0.1) is 10.8 Å². The summed E-state index contributed by atoms with van der Waals surface area (Å²) in [6, 6.07) is 3.64. The van der Waals surface area contributed by atoms with Gasteiger partial charge in [0.05, 0.1) is 30.2 Å². The number of rotatable bonds is 16. The molecule has 20 heteroatoms. The van der Waals surface area contributed by atoms with Crippen LogP contribution in [-0.4, -0.2) is 167 Å². The van der Waals surface area contributed by atoms with Crippen LogP contribution in [0.25, 0.3) is 0 Å². The minimum Gasteiger partial charge on any atom is -0.368 e. The molecule has 20 nitrogen and oxygen atoms in total. The van der Waals surface area contributed by atoms with Crippen LogP contribution < -0.4 is 32.3 Å². The highest BCUT2D eigenvalue weighted by Gasteiger charge is 2.48. The van der Waals surface area contributed by atoms with Gasteiger partial charge >= 0.3 is 0 Å². The van der Waals surface area contributed by atoms with Crippen molar-refractivity contribution < 1.29 is 38.4 Å². The Kier molecular flexibility index (Phi) is 16.7. The number of carbonyl (C=O) groups is 8. The van der Waals surface area contributed by atoms with Crippen molar-refractivity contribution in [1.82, 2.24) is 56.4 Å². The number of nitrogens with two attached hydrogens (primary N) is 1. The van der Waals surface area contributed by atoms with Crippen LogP contribution in [0.2, 0.25) is 0 Å². The minimum absolute atomic E-state index is 0.0337. The Hall–Kier alpha value is -5.89. The monoisotopic (exact) mass is 907 g/mol. The molecular weight excluding hydrogens is 837 g/mol. The first-order valence-corrected chi connectivity index (χ1v) is 22.0. The van der Waals surface area contributed by atoms with Gasteiger partial charge in [-0.1, -0.05) is 71.9 Å². The van der Waals surface area contributed by atoms with Crippen LogP contribution >= 0.6 is 0 Å². The lowest BCUT2D eigenvalue weighted by atomic mass is 9.85. The molecule has 0 radical (unpaired) electrons. The quantitative estimate of drug-likeness (QED) is 0.119. The van der Waals surface area contributed by atoms with Gasteiger partial charge in [0, 0.05) is 33.3 Å². The number of aromatic nitrogens is 2. The van der Waals surface area contributed by atoms with Gasteiger partial charge in [-0.2, -0.15) is 5.10 Å². The molecule has 0 aliphatic carbocycles. The molecule has 9 atom stereocenters. The summed E-state index contributed by atoms with van der Waals surface area (Å²) >= 11 is 0. The molecule has 9 unspecified atom stereocenters. The third kappa shape index (κ3) is 12.1. The smallest absolute Gasteiger partial charge is 0.274 e. The highest BCUT2D eigenvalue weighted by Crippen LogP contribution is 2.31. The van der Waals surface area contributed by atoms with Crippen molar-refractivity contribution in [2.45, 2.75) is 130 Å². The number of hydrogen-bond donors (Lipinski definition) is 7. The zero-order valence-electron chi connectivity index (χ0n) is 40.1. The molecule has 358 valence electrons. The first-order chi connectivity index (χ1) is 30.2. The minimum atomic E-state index is -1.06. The van der Waals surface area contributed by atoms with Gasteiger partial charge in [-0.25, -0.2) is 0 Å². The molecule has 0 saturated carbocycles. The van der Waals surface area contributed by atoms with Crippen LogP contribution in [-0.2, 0) is 28.8 Å². The average molecular weight is 907 g/mol. The van der Waals surface area contributed by atoms with Crippen LogP contribution in [0.4, 0.5) is 0 Å². The lowest BCUT2D eigenvalue weighted by molar-refractivity contribution is -0.144. The molecule has 8 N–H and O–H groups in total. The topological polar surface area (TPSA) is 264 Å². The Labute approximate surface area is 381 Å². The Balaban J connectivity index is 1.55. The zero-order chi connectivity index (χ0) is 48.9. The Morgan fingerprint density at radius 1 is 0.708 bits per heavy atom. The van der Waals surface area contributed by atoms with Gasteiger partial charge in [0.25, 0.3) is 11.8 Å². The van der Waals surface area contributed by atoms with Crippen molar-refractivity contribution in [1.29, 1.82) is 0 Å². The molecule has 2 aromatic rings. The lowest BCUT2D eigenvalue weighted by Crippen LogP contribution is -2.59. The van der Waals surface area contributed by atoms with E-state index >= 15 is 0 Å². The molecule has 0 bridgehead atoms. The number of aromatic amines is 1. The summed E-state index contributed by atoms with van der Waals surface area (Å²) in [6.45, 7) is 15.9. The fourth-order valence-electron chi connectivity index (χ4n) is 8.00. The Morgan fingerprint density at radius 2 is 1.15 bits per heavy atom. The maximum Gasteiger partial charge on any atom is 0.274 e. The summed E-state index contributed by atoms with van der Waals surface area (Å²) in [6.07, 6.45) is 0.109. The van der Waals surface area contributed by atoms with E-state index in [1.807, 2.05) is 58.0 Å². The second-order valence-corrected chi connectivity index (χ2v) is 19.5. The molecule has 0 spiro atoms. The molecule has 2 saturated heterocycles. The zero-order valence-corrected chi connectivity index (χ0v) is 40.1. The number of likely N-dealkylation sites (tertiary alicyclic amines) is 2. The predicted octanol–water partition coefficient (Wildman–Crippen LogP) is 0.133. The second-order valence-electron chi connectivity index (χ2n) is 19.5. The molecule has 8 amide bonds. The molecule has 3 heterocycles. The predicted molar refractivity (Wildman–Crippen MR) is 243 cm³/mol. The maximum absolute atomic E-state index is 14.5. The van der Waals surface area contributed by atoms with Gasteiger partial charge in [-0.05, 0) is 64.1 Å². The highest BCUT2D eigenvalue weighted by atomic mass is 16.2. The molecule has 65 heavy (non-hydrogen) atoms. The van der Waals surface area contributed by atoms with Crippen molar-refractivity contribution in [3.8, 4) is 0 Å². The highest BCUT2D eigenvalue weighted by molar-refractivity contribution is 5.99. The maximum atomic E-state index is 14.5. The van der Waals surface area contributed by atoms with E-state index < -0.39 is 112 Å². The molecular formula is C45H70N12O8. The van der Waals surface area contributed by atoms with Gasteiger partial charge in [0.15, 0.2) is 5.69 Å². The van der Waals surface area contributed by atoms with E-state index in [-0.39, 0.29) is 37.3 Å². The van der Waals surface area contributed by atoms with Crippen molar-refractivity contribution in [2.24, 2.45) is 16.6 Å². The molecule has 1 aromatic carbocycles. The van der Waals surface area contributed by atoms with E-state index in [1.54, 1.807) is 48.7 Å². The number of carbonyl (C=O) groups excluding carboxylic acids is 8. The standard InChI is InChI=1S/C45H70N12O8/c1-24(27-17-15-14-16-18-27)49-39(61)33-20-29(23-57(33)43(65)35(45(7,8)9)51-38(60)26(3)48-11)55(13)41(63)31-21-30(52-53-31)40(62)54(12)28-19-32(36(46)58)56(22-28)42(64)34(44(4,5)6)50-37(59)25(2)47-10/h14-18,21,24-26,28-29,32-35,47-48H,19-20,22-23H2,1-13H3,(H2,46,58)(H,49,61)(H,50,59)(H,51,60)(H,52,53). The van der Waals surface area contributed by atoms with E-state index in [9.17, 15) is 38.4 Å². The number of hydrogen-bond acceptors (Lipinski definition) is 11. The van der Waals surface area contributed by atoms with Gasteiger partial charge in [-0.15, -0.1) is 0 Å². The van der Waals surface area contributed by atoms with Gasteiger partial charge in [-0.3, -0.25) is 43.5 Å². The Morgan fingerprint density at radius 3 is 1.60 bits per heavy atom. The van der Waals surface area contributed by atoms with Crippen molar-refractivity contribution in [3.63, 3.8) is 0 Å². The fraction of sp³-hybridized carbons (Fsp3) is 0.622. The van der Waals surface area contributed by atoms with Crippen LogP contribution in [0.15, 0.2) is 36.4 Å². The normalized spacial score (nSPS) is 21.1. The van der Waals surface area contributed by atoms with E-state index in [0.29, 0.717) is 0 Å². The third-order valence-electron chi connectivity index (χ3n) is 12.6. The van der Waals surface area contributed by atoms with Gasteiger partial charge in [0.2, 0.25) is 35.4 Å². The number of H-pyrrole nitrogens is 1. The summed E-state index contributed by atoms with van der Waals surface area (Å²) in [5.74, 6) is -4.13. The summed E-state index contributed by atoms with van der Waals surface area (Å²) < 4.78 is 0. The Bertz CT molecular complexity index is 2080. The SMILES string of the molecule is CNC(C)C(=O)NC(C(=O)N1CC(N(C)C(=O)c2cc(C(=O)N(C)C3CC(C(=O)NC(C)c4ccccc4)N(C(=O)C(NC(=O)C(C)NC)C(C)(C)C)C3)n[nH]2)CC1C(N)=O)C(C)(C)C. The average Bonchev–Trinajstić information content (AvgIpc) is 4.04. The summed E-state index contributed by atoms with van der Waals surface area (Å²) in [7, 11) is 6.29. The van der Waals surface area contributed by atoms with Gasteiger partial charge in [0.1, 0.15) is 29.9 Å². The number of nitrogens with one attached hydrogen (secondary N) is 6. The van der Waals surface area contributed by atoms with E-state index in [2.05, 4.69) is 36.8 Å². The van der Waals surface area contributed by atoms with E-state index in [1.165, 1.54) is 39.8 Å². The molecule has 2 aliphatic heterocycles. The summed E-state index contributed by atoms with van der Waals surface area (Å²) in [4.78, 5) is 115. The molecule has 2 fully saturated rings. The fourth-order valence-corrected chi connectivity index (χ4v) is 8.00. The first-order valence-electron chi connectivity index (χ1n) is 22.0. The van der Waals surface area contributed by atoms with E-state index in [0.717, 1.165) is 5.56 Å². The number of nitrogens with zero attached hydrogens (tertiary/aromatic N) is 5. The van der Waals surface area contributed by atoms with Crippen molar-refractivity contribution in [2.75, 3.05) is 41.3 Å². The number of likely N-dealkylation sites (N-methyl/N-ethyl adjacent to an activating group) is 4. The third-order valence-corrected chi connectivity index (χ3v) is 12.6. The largest absolute Gasteiger partial charge is 0.368 e. The first kappa shape index (κ1) is 51.7. The number of benzene rings is 1. The lowest BCUT2D eigenvalue weighted by Gasteiger charge is -2.36. The van der Waals surface area contributed by atoms with Crippen LogP contribution in [0.1, 0.15) is 108 Å². The van der Waals surface area contributed by atoms with Crippen LogP contribution in [0.3, 0.4) is 0 Å². The van der Waals surface area contributed by atoms with E-state index in [4.69, 9.17) is 5.73 Å². The van der Waals surface area contributed by atoms with Gasteiger partial charge < -0.3 is 51.9 Å². The van der Waals surface area contributed by atoms with Crippen molar-refractivity contribution >= 4 is 47.3 Å². The summed E-state index contributed by atoms with van der Waals surface area (Å²) in [5, 5.41) is 21.2. The van der Waals surface area contributed by atoms with Crippen LogP contribution in [0.5, 0.6) is 0 Å². The molecule has 1 aromatic heterocycles. The molecule has 2 aliphatic rings. The molecule has 4 rings (SSSR count). The number of amides is 8. The summed E-state index contributed by atoms with van der Waals surface area (Å²) in [5.41, 5.74) is 4.99. The van der Waals surface area contributed by atoms with Crippen molar-refractivity contribution in [3.05, 3.63) is 53.3 Å².